The Morgan fingerprint density at radius 1 is 0.912 bits per heavy atom. The highest BCUT2D eigenvalue weighted by Crippen LogP contribution is 2.28. The molecule has 0 aliphatic heterocycles. The molecule has 4 rings (SSSR count). The van der Waals surface area contributed by atoms with E-state index in [2.05, 4.69) is 15.4 Å². The molecule has 0 aliphatic carbocycles. The van der Waals surface area contributed by atoms with Gasteiger partial charge in [-0.3, -0.25) is 4.79 Å². The molecule has 1 amide bonds. The zero-order valence-corrected chi connectivity index (χ0v) is 19.5. The summed E-state index contributed by atoms with van der Waals surface area (Å²) in [4.78, 5) is 17.4. The van der Waals surface area contributed by atoms with Crippen molar-refractivity contribution in [3.63, 3.8) is 0 Å². The highest BCUT2D eigenvalue weighted by molar-refractivity contribution is 6.04. The smallest absolute Gasteiger partial charge is 0.336 e. The first-order valence-corrected chi connectivity index (χ1v) is 10.8. The second-order valence-electron chi connectivity index (χ2n) is 7.76. The molecule has 0 saturated carbocycles. The van der Waals surface area contributed by atoms with Gasteiger partial charge < -0.3 is 19.5 Å². The Bertz CT molecular complexity index is 1300. The van der Waals surface area contributed by atoms with E-state index in [-0.39, 0.29) is 18.0 Å². The number of benzene rings is 3. The van der Waals surface area contributed by atoms with E-state index in [0.29, 0.717) is 34.3 Å². The summed E-state index contributed by atoms with van der Waals surface area (Å²) in [5.41, 5.74) is 2.64. The number of anilines is 1. The minimum atomic E-state index is -0.244. The molecule has 0 bridgehead atoms. The van der Waals surface area contributed by atoms with Gasteiger partial charge in [0.15, 0.2) is 5.82 Å². The lowest BCUT2D eigenvalue weighted by molar-refractivity contribution is 0.102. The second-order valence-corrected chi connectivity index (χ2v) is 7.76. The summed E-state index contributed by atoms with van der Waals surface area (Å²) in [5, 5.41) is 7.50. The predicted octanol–water partition coefficient (Wildman–Crippen LogP) is 4.99. The van der Waals surface area contributed by atoms with Gasteiger partial charge in [-0.1, -0.05) is 24.3 Å². The summed E-state index contributed by atoms with van der Waals surface area (Å²) in [6.45, 7) is 3.83. The normalized spacial score (nSPS) is 10.7. The van der Waals surface area contributed by atoms with Crippen LogP contribution >= 0.6 is 0 Å². The van der Waals surface area contributed by atoms with Crippen molar-refractivity contribution in [3.05, 3.63) is 78.4 Å². The SMILES string of the molecule is COc1cccc(C(=O)Nc2cccc(-n3nc(OC(C)C)nc3-c3cccc(OC)c3)c2)c1. The minimum absolute atomic E-state index is 0.0810. The summed E-state index contributed by atoms with van der Waals surface area (Å²) < 4.78 is 18.0. The lowest BCUT2D eigenvalue weighted by Gasteiger charge is -2.10. The number of nitrogens with zero attached hydrogens (tertiary/aromatic N) is 3. The van der Waals surface area contributed by atoms with Crippen LogP contribution in [0.2, 0.25) is 0 Å². The zero-order valence-electron chi connectivity index (χ0n) is 19.5. The predicted molar refractivity (Wildman–Crippen MR) is 130 cm³/mol. The van der Waals surface area contributed by atoms with Gasteiger partial charge in [0.1, 0.15) is 11.5 Å². The largest absolute Gasteiger partial charge is 0.497 e. The van der Waals surface area contributed by atoms with Crippen molar-refractivity contribution in [2.75, 3.05) is 19.5 Å². The van der Waals surface area contributed by atoms with Crippen LogP contribution in [0.5, 0.6) is 17.5 Å². The van der Waals surface area contributed by atoms with Gasteiger partial charge in [0.05, 0.1) is 26.0 Å². The van der Waals surface area contributed by atoms with E-state index >= 15 is 0 Å². The van der Waals surface area contributed by atoms with Crippen LogP contribution in [0.25, 0.3) is 17.1 Å². The Morgan fingerprint density at radius 2 is 1.62 bits per heavy atom. The zero-order chi connectivity index (χ0) is 24.1. The van der Waals surface area contributed by atoms with E-state index in [0.717, 1.165) is 5.56 Å². The number of nitrogens with one attached hydrogen (secondary N) is 1. The molecule has 0 aliphatic rings. The summed E-state index contributed by atoms with van der Waals surface area (Å²) >= 11 is 0. The molecular formula is C26H26N4O4. The van der Waals surface area contributed by atoms with E-state index in [1.165, 1.54) is 0 Å². The highest BCUT2D eigenvalue weighted by atomic mass is 16.5. The molecule has 4 aromatic rings. The van der Waals surface area contributed by atoms with Gasteiger partial charge in [-0.25, -0.2) is 4.68 Å². The fourth-order valence-electron chi connectivity index (χ4n) is 3.37. The third-order valence-electron chi connectivity index (χ3n) is 4.94. The van der Waals surface area contributed by atoms with Crippen LogP contribution in [-0.4, -0.2) is 41.0 Å². The van der Waals surface area contributed by atoms with Crippen LogP contribution < -0.4 is 19.5 Å². The first-order chi connectivity index (χ1) is 16.5. The number of carbonyl (C=O) groups is 1. The molecule has 0 atom stereocenters. The maximum atomic E-state index is 12.8. The molecule has 0 fully saturated rings. The lowest BCUT2D eigenvalue weighted by atomic mass is 10.2. The lowest BCUT2D eigenvalue weighted by Crippen LogP contribution is -2.12. The van der Waals surface area contributed by atoms with E-state index < -0.39 is 0 Å². The van der Waals surface area contributed by atoms with E-state index in [4.69, 9.17) is 14.2 Å². The van der Waals surface area contributed by atoms with Gasteiger partial charge in [0.25, 0.3) is 5.91 Å². The quantitative estimate of drug-likeness (QED) is 0.400. The summed E-state index contributed by atoms with van der Waals surface area (Å²) in [6.07, 6.45) is -0.0810. The molecule has 0 radical (unpaired) electrons. The van der Waals surface area contributed by atoms with E-state index in [1.807, 2.05) is 62.4 Å². The minimum Gasteiger partial charge on any atom is -0.497 e. The first kappa shape index (κ1) is 22.8. The molecule has 0 spiro atoms. The van der Waals surface area contributed by atoms with Crippen LogP contribution in [0, 0.1) is 0 Å². The van der Waals surface area contributed by atoms with Gasteiger partial charge in [-0.05, 0) is 62.4 Å². The standard InChI is InChI=1S/C26H26N4O4/c1-17(2)34-26-28-24(18-8-5-12-22(14-18)32-3)30(29-26)21-11-7-10-20(16-21)27-25(31)19-9-6-13-23(15-19)33-4/h5-17H,1-4H3,(H,27,31). The van der Waals surface area contributed by atoms with Crippen molar-refractivity contribution >= 4 is 11.6 Å². The number of methoxy groups -OCH3 is 2. The fourth-order valence-corrected chi connectivity index (χ4v) is 3.37. The number of aromatic nitrogens is 3. The molecule has 34 heavy (non-hydrogen) atoms. The fraction of sp³-hybridized carbons (Fsp3) is 0.192. The summed E-state index contributed by atoms with van der Waals surface area (Å²) in [7, 11) is 3.18. The molecular weight excluding hydrogens is 432 g/mol. The molecule has 1 N–H and O–H groups in total. The topological polar surface area (TPSA) is 87.5 Å². The van der Waals surface area contributed by atoms with Crippen molar-refractivity contribution in [2.24, 2.45) is 0 Å². The number of rotatable bonds is 8. The highest BCUT2D eigenvalue weighted by Gasteiger charge is 2.17. The van der Waals surface area contributed by atoms with Crippen molar-refractivity contribution in [1.82, 2.24) is 14.8 Å². The Kier molecular flexibility index (Phi) is 6.77. The Morgan fingerprint density at radius 3 is 2.35 bits per heavy atom. The maximum Gasteiger partial charge on any atom is 0.336 e. The number of hydrogen-bond acceptors (Lipinski definition) is 6. The molecule has 8 nitrogen and oxygen atoms in total. The molecule has 8 heteroatoms. The Hall–Kier alpha value is -4.33. The third kappa shape index (κ3) is 5.17. The number of ether oxygens (including phenoxy) is 3. The average molecular weight is 459 g/mol. The van der Waals surface area contributed by atoms with Crippen LogP contribution in [0.4, 0.5) is 5.69 Å². The van der Waals surface area contributed by atoms with Crippen molar-refractivity contribution in [1.29, 1.82) is 0 Å². The third-order valence-corrected chi connectivity index (χ3v) is 4.94. The Labute approximate surface area is 198 Å². The molecule has 3 aromatic carbocycles. The monoisotopic (exact) mass is 458 g/mol. The number of carbonyl (C=O) groups excluding carboxylic acids is 1. The van der Waals surface area contributed by atoms with Gasteiger partial charge in [0, 0.05) is 16.8 Å². The maximum absolute atomic E-state index is 12.8. The van der Waals surface area contributed by atoms with E-state index in [9.17, 15) is 4.79 Å². The second kappa shape index (κ2) is 10.1. The van der Waals surface area contributed by atoms with Crippen LogP contribution in [0.1, 0.15) is 24.2 Å². The molecule has 1 aromatic heterocycles. The molecule has 0 unspecified atom stereocenters. The molecule has 1 heterocycles. The average Bonchev–Trinajstić information content (AvgIpc) is 3.27. The Balaban J connectivity index is 1.69. The van der Waals surface area contributed by atoms with Gasteiger partial charge in [-0.2, -0.15) is 4.98 Å². The molecule has 174 valence electrons. The van der Waals surface area contributed by atoms with Gasteiger partial charge >= 0.3 is 6.01 Å². The summed E-state index contributed by atoms with van der Waals surface area (Å²) in [5.74, 6) is 1.67. The number of hydrogen-bond donors (Lipinski definition) is 1. The van der Waals surface area contributed by atoms with Gasteiger partial charge in [-0.15, -0.1) is 5.10 Å². The van der Waals surface area contributed by atoms with Crippen molar-refractivity contribution in [2.45, 2.75) is 20.0 Å². The van der Waals surface area contributed by atoms with Crippen LogP contribution in [0.15, 0.2) is 72.8 Å². The van der Waals surface area contributed by atoms with Crippen LogP contribution in [-0.2, 0) is 0 Å². The molecule has 0 saturated heterocycles. The van der Waals surface area contributed by atoms with Gasteiger partial charge in [0.2, 0.25) is 0 Å². The summed E-state index contributed by atoms with van der Waals surface area (Å²) in [6, 6.07) is 22.2. The van der Waals surface area contributed by atoms with E-state index in [1.54, 1.807) is 43.2 Å². The first-order valence-electron chi connectivity index (χ1n) is 10.8. The van der Waals surface area contributed by atoms with Crippen molar-refractivity contribution in [3.8, 4) is 34.6 Å². The van der Waals surface area contributed by atoms with Crippen LogP contribution in [0.3, 0.4) is 0 Å². The van der Waals surface area contributed by atoms with Crippen molar-refractivity contribution < 1.29 is 19.0 Å². The number of amides is 1.